The quantitative estimate of drug-likeness (QED) is 0.827. The second-order valence-electron chi connectivity index (χ2n) is 5.93. The van der Waals surface area contributed by atoms with Gasteiger partial charge in [0.1, 0.15) is 0 Å². The summed E-state index contributed by atoms with van der Waals surface area (Å²) >= 11 is 0. The highest BCUT2D eigenvalue weighted by atomic mass is 32.2. The molecule has 1 fully saturated rings. The fourth-order valence-corrected chi connectivity index (χ4v) is 3.92. The van der Waals surface area contributed by atoms with Crippen molar-refractivity contribution in [1.29, 1.82) is 0 Å². The summed E-state index contributed by atoms with van der Waals surface area (Å²) < 4.78 is 28.1. The molecule has 3 rings (SSSR count). The average Bonchev–Trinajstić information content (AvgIpc) is 3.38. The zero-order valence-corrected chi connectivity index (χ0v) is 13.7. The molecule has 2 aromatic carbocycles. The summed E-state index contributed by atoms with van der Waals surface area (Å²) in [7, 11) is -3.62. The van der Waals surface area contributed by atoms with E-state index in [2.05, 4.69) is 4.72 Å². The van der Waals surface area contributed by atoms with Crippen molar-refractivity contribution in [1.82, 2.24) is 4.72 Å². The van der Waals surface area contributed by atoms with Crippen molar-refractivity contribution in [2.75, 3.05) is 0 Å². The number of carbonyl (C=O) groups is 1. The van der Waals surface area contributed by atoms with Crippen LogP contribution in [0.4, 0.5) is 0 Å². The van der Waals surface area contributed by atoms with Crippen molar-refractivity contribution in [2.24, 2.45) is 5.92 Å². The van der Waals surface area contributed by atoms with Crippen LogP contribution in [0.5, 0.6) is 0 Å². The fourth-order valence-electron chi connectivity index (χ4n) is 2.63. The van der Waals surface area contributed by atoms with E-state index in [4.69, 9.17) is 0 Å². The minimum Gasteiger partial charge on any atom is -0.295 e. The van der Waals surface area contributed by atoms with Crippen LogP contribution in [-0.2, 0) is 10.0 Å². The van der Waals surface area contributed by atoms with Crippen LogP contribution in [0.3, 0.4) is 0 Å². The first-order chi connectivity index (χ1) is 11.0. The van der Waals surface area contributed by atoms with Crippen LogP contribution in [0.1, 0.15) is 41.7 Å². The van der Waals surface area contributed by atoms with Gasteiger partial charge in [0.2, 0.25) is 10.0 Å². The van der Waals surface area contributed by atoms with E-state index in [-0.39, 0.29) is 16.7 Å². The van der Waals surface area contributed by atoms with E-state index in [0.29, 0.717) is 11.5 Å². The van der Waals surface area contributed by atoms with Crippen LogP contribution in [0.2, 0.25) is 0 Å². The Hall–Kier alpha value is -1.98. The highest BCUT2D eigenvalue weighted by Gasteiger charge is 2.35. The summed E-state index contributed by atoms with van der Waals surface area (Å²) in [6.45, 7) is 1.46. The number of ketones is 1. The topological polar surface area (TPSA) is 63.2 Å². The number of Topliss-reactive ketones (excluding diaryl/α,β-unsaturated/α-hetero) is 1. The van der Waals surface area contributed by atoms with Gasteiger partial charge in [-0.1, -0.05) is 42.5 Å². The number of sulfonamides is 1. The molecule has 0 aromatic heterocycles. The van der Waals surface area contributed by atoms with E-state index in [9.17, 15) is 13.2 Å². The van der Waals surface area contributed by atoms with Gasteiger partial charge >= 0.3 is 0 Å². The van der Waals surface area contributed by atoms with E-state index in [1.54, 1.807) is 12.1 Å². The van der Waals surface area contributed by atoms with Gasteiger partial charge in [0.15, 0.2) is 5.78 Å². The Morgan fingerprint density at radius 1 is 1.04 bits per heavy atom. The zero-order chi connectivity index (χ0) is 16.4. The van der Waals surface area contributed by atoms with Gasteiger partial charge in [0.05, 0.1) is 4.90 Å². The minimum absolute atomic E-state index is 0.0814. The number of benzene rings is 2. The number of rotatable bonds is 6. The summed E-state index contributed by atoms with van der Waals surface area (Å²) in [5, 5.41) is 0. The molecule has 0 aliphatic heterocycles. The molecule has 0 radical (unpaired) electrons. The van der Waals surface area contributed by atoms with Crippen molar-refractivity contribution >= 4 is 15.8 Å². The van der Waals surface area contributed by atoms with Gasteiger partial charge in [-0.05, 0) is 43.4 Å². The van der Waals surface area contributed by atoms with Gasteiger partial charge in [0.25, 0.3) is 0 Å². The van der Waals surface area contributed by atoms with Gasteiger partial charge in [0, 0.05) is 11.6 Å². The maximum Gasteiger partial charge on any atom is 0.241 e. The van der Waals surface area contributed by atoms with Gasteiger partial charge in [-0.25, -0.2) is 13.1 Å². The molecule has 2 aromatic rings. The Morgan fingerprint density at radius 2 is 1.65 bits per heavy atom. The van der Waals surface area contributed by atoms with Crippen LogP contribution >= 0.6 is 0 Å². The summed E-state index contributed by atoms with van der Waals surface area (Å²) in [6.07, 6.45) is 2.07. The molecular formula is C18H19NO3S. The molecule has 0 saturated heterocycles. The molecule has 0 bridgehead atoms. The maximum atomic E-state index is 12.6. The lowest BCUT2D eigenvalue weighted by molar-refractivity contribution is 0.101. The van der Waals surface area contributed by atoms with Crippen LogP contribution in [0.15, 0.2) is 59.5 Å². The van der Waals surface area contributed by atoms with Crippen molar-refractivity contribution in [2.45, 2.75) is 30.7 Å². The molecule has 0 heterocycles. The van der Waals surface area contributed by atoms with Gasteiger partial charge < -0.3 is 0 Å². The van der Waals surface area contributed by atoms with Crippen LogP contribution in [0.25, 0.3) is 0 Å². The monoisotopic (exact) mass is 329 g/mol. The third-order valence-corrected chi connectivity index (χ3v) is 5.56. The van der Waals surface area contributed by atoms with E-state index >= 15 is 0 Å². The molecule has 5 heteroatoms. The SMILES string of the molecule is CC(=O)c1ccc(S(=O)(=O)NC(c2ccccc2)C2CC2)cc1. The Morgan fingerprint density at radius 3 is 2.17 bits per heavy atom. The van der Waals surface area contributed by atoms with Crippen LogP contribution in [0, 0.1) is 5.92 Å². The minimum atomic E-state index is -3.62. The predicted molar refractivity (Wildman–Crippen MR) is 88.7 cm³/mol. The predicted octanol–water partition coefficient (Wildman–Crippen LogP) is 3.32. The van der Waals surface area contributed by atoms with E-state index in [0.717, 1.165) is 18.4 Å². The number of carbonyl (C=O) groups excluding carboxylic acids is 1. The summed E-state index contributed by atoms with van der Waals surface area (Å²) in [5.74, 6) is 0.269. The van der Waals surface area contributed by atoms with Gasteiger partial charge in [-0.15, -0.1) is 0 Å². The average molecular weight is 329 g/mol. The molecule has 1 aliphatic carbocycles. The third-order valence-electron chi connectivity index (χ3n) is 4.11. The Bertz CT molecular complexity index is 794. The first kappa shape index (κ1) is 15.9. The highest BCUT2D eigenvalue weighted by Crippen LogP contribution is 2.41. The first-order valence-electron chi connectivity index (χ1n) is 7.65. The lowest BCUT2D eigenvalue weighted by atomic mass is 10.0. The Kier molecular flexibility index (Phi) is 4.33. The molecule has 1 unspecified atom stereocenters. The normalized spacial score (nSPS) is 16.0. The smallest absolute Gasteiger partial charge is 0.241 e. The second kappa shape index (κ2) is 6.26. The standard InChI is InChI=1S/C18H19NO3S/c1-13(20)14-9-11-17(12-10-14)23(21,22)19-18(16-7-8-16)15-5-3-2-4-6-15/h2-6,9-12,16,18-19H,7-8H2,1H3. The molecule has 1 N–H and O–H groups in total. The molecule has 1 saturated carbocycles. The lowest BCUT2D eigenvalue weighted by Gasteiger charge is -2.19. The summed E-state index contributed by atoms with van der Waals surface area (Å²) in [6, 6.07) is 15.5. The molecule has 120 valence electrons. The third kappa shape index (κ3) is 3.68. The van der Waals surface area contributed by atoms with E-state index in [1.165, 1.54) is 19.1 Å². The summed E-state index contributed by atoms with van der Waals surface area (Å²) in [4.78, 5) is 11.5. The van der Waals surface area contributed by atoms with Crippen LogP contribution < -0.4 is 4.72 Å². The molecular weight excluding hydrogens is 310 g/mol. The fraction of sp³-hybridized carbons (Fsp3) is 0.278. The number of nitrogens with one attached hydrogen (secondary N) is 1. The Balaban J connectivity index is 1.85. The highest BCUT2D eigenvalue weighted by molar-refractivity contribution is 7.89. The van der Waals surface area contributed by atoms with Crippen molar-refractivity contribution in [3.05, 3.63) is 65.7 Å². The van der Waals surface area contributed by atoms with Crippen LogP contribution in [-0.4, -0.2) is 14.2 Å². The largest absolute Gasteiger partial charge is 0.295 e. The first-order valence-corrected chi connectivity index (χ1v) is 9.14. The van der Waals surface area contributed by atoms with Crippen molar-refractivity contribution in [3.8, 4) is 0 Å². The number of hydrogen-bond acceptors (Lipinski definition) is 3. The molecule has 1 atom stereocenters. The molecule has 0 amide bonds. The molecule has 0 spiro atoms. The second-order valence-corrected chi connectivity index (χ2v) is 7.64. The van der Waals surface area contributed by atoms with Gasteiger partial charge in [-0.2, -0.15) is 0 Å². The maximum absolute atomic E-state index is 12.6. The summed E-state index contributed by atoms with van der Waals surface area (Å²) in [5.41, 5.74) is 1.49. The van der Waals surface area contributed by atoms with Crippen molar-refractivity contribution in [3.63, 3.8) is 0 Å². The van der Waals surface area contributed by atoms with Crippen molar-refractivity contribution < 1.29 is 13.2 Å². The zero-order valence-electron chi connectivity index (χ0n) is 12.9. The molecule has 4 nitrogen and oxygen atoms in total. The lowest BCUT2D eigenvalue weighted by Crippen LogP contribution is -2.30. The van der Waals surface area contributed by atoms with E-state index < -0.39 is 10.0 Å². The van der Waals surface area contributed by atoms with Gasteiger partial charge in [-0.3, -0.25) is 4.79 Å². The number of hydrogen-bond donors (Lipinski definition) is 1. The van der Waals surface area contributed by atoms with E-state index in [1.807, 2.05) is 30.3 Å². The Labute approximate surface area is 136 Å². The molecule has 23 heavy (non-hydrogen) atoms. The molecule has 1 aliphatic rings.